The van der Waals surface area contributed by atoms with E-state index in [4.69, 9.17) is 0 Å². The van der Waals surface area contributed by atoms with E-state index in [1.807, 2.05) is 0 Å². The molecule has 0 aromatic rings. The van der Waals surface area contributed by atoms with Gasteiger partial charge < -0.3 is 0 Å². The number of rotatable bonds is 3. The Balaban J connectivity index is 1.60. The monoisotopic (exact) mass is 231 g/mol. The lowest BCUT2D eigenvalue weighted by Gasteiger charge is -2.26. The van der Waals surface area contributed by atoms with Gasteiger partial charge in [0.15, 0.2) is 0 Å². The van der Waals surface area contributed by atoms with Crippen LogP contribution in [0.3, 0.4) is 0 Å². The van der Waals surface area contributed by atoms with E-state index < -0.39 is 0 Å². The van der Waals surface area contributed by atoms with Crippen molar-refractivity contribution < 1.29 is 9.59 Å². The van der Waals surface area contributed by atoms with Crippen molar-refractivity contribution in [1.82, 2.24) is 4.90 Å². The third kappa shape index (κ3) is 1.65. The number of fused-ring (bicyclic) bond motifs is 2. The van der Waals surface area contributed by atoms with Crippen LogP contribution in [0.1, 0.15) is 19.8 Å². The molecule has 1 saturated carbocycles. The molecule has 3 nitrogen and oxygen atoms in total. The number of amides is 2. The molecule has 0 saturated heterocycles. The van der Waals surface area contributed by atoms with E-state index in [0.29, 0.717) is 24.3 Å². The molecule has 3 heteroatoms. The summed E-state index contributed by atoms with van der Waals surface area (Å²) in [6.07, 6.45) is 9.61. The summed E-state index contributed by atoms with van der Waals surface area (Å²) in [7, 11) is 0. The van der Waals surface area contributed by atoms with Crippen LogP contribution < -0.4 is 0 Å². The average molecular weight is 231 g/mol. The van der Waals surface area contributed by atoms with Crippen molar-refractivity contribution in [3.05, 3.63) is 24.3 Å². The normalized spacial score (nSPS) is 38.8. The highest BCUT2D eigenvalue weighted by molar-refractivity contribution is 6.12. The van der Waals surface area contributed by atoms with Gasteiger partial charge in [-0.1, -0.05) is 19.1 Å². The molecule has 1 fully saturated rings. The smallest absolute Gasteiger partial charge is 0.253 e. The van der Waals surface area contributed by atoms with Crippen LogP contribution >= 0.6 is 0 Å². The van der Waals surface area contributed by atoms with Crippen LogP contribution in [0, 0.1) is 23.7 Å². The summed E-state index contributed by atoms with van der Waals surface area (Å²) in [6.45, 7) is 2.88. The van der Waals surface area contributed by atoms with Crippen LogP contribution in [-0.4, -0.2) is 23.3 Å². The lowest BCUT2D eigenvalue weighted by molar-refractivity contribution is -0.137. The van der Waals surface area contributed by atoms with Gasteiger partial charge in [-0.2, -0.15) is 0 Å². The van der Waals surface area contributed by atoms with Gasteiger partial charge in [0, 0.05) is 18.7 Å². The fraction of sp³-hybridized carbons (Fsp3) is 0.571. The zero-order valence-corrected chi connectivity index (χ0v) is 10.0. The standard InChI is InChI=1S/C14H17NO2/c1-9-10-2-3-11(8-10)12(9)6-7-15-13(16)4-5-14(15)17/h2-5,9-12H,6-8H2,1H3. The van der Waals surface area contributed by atoms with E-state index in [1.54, 1.807) is 0 Å². The number of allylic oxidation sites excluding steroid dienone is 2. The van der Waals surface area contributed by atoms with Gasteiger partial charge in [0.2, 0.25) is 0 Å². The van der Waals surface area contributed by atoms with E-state index in [1.165, 1.54) is 23.5 Å². The van der Waals surface area contributed by atoms with Crippen molar-refractivity contribution in [2.45, 2.75) is 19.8 Å². The molecule has 0 spiro atoms. The minimum absolute atomic E-state index is 0.152. The van der Waals surface area contributed by atoms with E-state index in [2.05, 4.69) is 19.1 Å². The molecule has 4 atom stereocenters. The molecule has 2 amide bonds. The molecule has 90 valence electrons. The molecule has 0 aromatic heterocycles. The van der Waals surface area contributed by atoms with Crippen molar-refractivity contribution >= 4 is 11.8 Å². The van der Waals surface area contributed by atoms with E-state index in [0.717, 1.165) is 12.3 Å². The van der Waals surface area contributed by atoms with Crippen molar-refractivity contribution in [3.63, 3.8) is 0 Å². The highest BCUT2D eigenvalue weighted by Crippen LogP contribution is 2.49. The SMILES string of the molecule is CC1C2C=CC(C2)C1CCN1C(=O)C=CC1=O. The van der Waals surface area contributed by atoms with Crippen molar-refractivity contribution in [2.24, 2.45) is 23.7 Å². The maximum Gasteiger partial charge on any atom is 0.253 e. The Morgan fingerprint density at radius 2 is 1.82 bits per heavy atom. The number of hydrogen-bond acceptors (Lipinski definition) is 2. The number of nitrogens with zero attached hydrogens (tertiary/aromatic N) is 1. The summed E-state index contributed by atoms with van der Waals surface area (Å²) in [4.78, 5) is 24.2. The second-order valence-corrected chi connectivity index (χ2v) is 5.42. The van der Waals surface area contributed by atoms with E-state index in [-0.39, 0.29) is 11.8 Å². The molecule has 0 radical (unpaired) electrons. The molecule has 4 unspecified atom stereocenters. The third-order valence-corrected chi connectivity index (χ3v) is 4.64. The summed E-state index contributed by atoms with van der Waals surface area (Å²) in [5.74, 6) is 2.45. The molecular weight excluding hydrogens is 214 g/mol. The van der Waals surface area contributed by atoms with Crippen LogP contribution in [0.2, 0.25) is 0 Å². The maximum absolute atomic E-state index is 11.4. The van der Waals surface area contributed by atoms with Gasteiger partial charge >= 0.3 is 0 Å². The second kappa shape index (κ2) is 3.83. The van der Waals surface area contributed by atoms with Gasteiger partial charge in [0.25, 0.3) is 11.8 Å². The van der Waals surface area contributed by atoms with Gasteiger partial charge in [-0.15, -0.1) is 0 Å². The minimum Gasteiger partial charge on any atom is -0.275 e. The fourth-order valence-corrected chi connectivity index (χ4v) is 3.58. The predicted octanol–water partition coefficient (Wildman–Crippen LogP) is 1.76. The van der Waals surface area contributed by atoms with Crippen LogP contribution in [0.4, 0.5) is 0 Å². The molecule has 1 aliphatic heterocycles. The summed E-state index contributed by atoms with van der Waals surface area (Å²) >= 11 is 0. The van der Waals surface area contributed by atoms with Gasteiger partial charge in [0.05, 0.1) is 0 Å². The van der Waals surface area contributed by atoms with E-state index in [9.17, 15) is 9.59 Å². The quantitative estimate of drug-likeness (QED) is 0.548. The summed E-state index contributed by atoms with van der Waals surface area (Å²) < 4.78 is 0. The zero-order chi connectivity index (χ0) is 12.0. The first-order chi connectivity index (χ1) is 8.16. The Kier molecular flexibility index (Phi) is 2.42. The Hall–Kier alpha value is -1.38. The summed E-state index contributed by atoms with van der Waals surface area (Å²) in [5, 5.41) is 0. The predicted molar refractivity (Wildman–Crippen MR) is 63.9 cm³/mol. The van der Waals surface area contributed by atoms with Crippen molar-refractivity contribution in [2.75, 3.05) is 6.54 Å². The second-order valence-electron chi connectivity index (χ2n) is 5.42. The highest BCUT2D eigenvalue weighted by atomic mass is 16.2. The Labute approximate surface area is 101 Å². The lowest BCUT2D eigenvalue weighted by Crippen LogP contribution is -2.33. The molecule has 17 heavy (non-hydrogen) atoms. The fourth-order valence-electron chi connectivity index (χ4n) is 3.58. The van der Waals surface area contributed by atoms with Crippen LogP contribution in [0.25, 0.3) is 0 Å². The molecule has 2 bridgehead atoms. The van der Waals surface area contributed by atoms with Gasteiger partial charge in [-0.3, -0.25) is 14.5 Å². The summed E-state index contributed by atoms with van der Waals surface area (Å²) in [6, 6.07) is 0. The van der Waals surface area contributed by atoms with Crippen molar-refractivity contribution in [3.8, 4) is 0 Å². The minimum atomic E-state index is -0.152. The Bertz CT molecular complexity index is 406. The molecular formula is C14H17NO2. The molecule has 0 N–H and O–H groups in total. The number of imide groups is 1. The number of hydrogen-bond donors (Lipinski definition) is 0. The lowest BCUT2D eigenvalue weighted by atomic mass is 9.82. The Morgan fingerprint density at radius 1 is 1.18 bits per heavy atom. The van der Waals surface area contributed by atoms with E-state index >= 15 is 0 Å². The molecule has 1 heterocycles. The topological polar surface area (TPSA) is 37.4 Å². The largest absolute Gasteiger partial charge is 0.275 e. The van der Waals surface area contributed by atoms with Crippen molar-refractivity contribution in [1.29, 1.82) is 0 Å². The van der Waals surface area contributed by atoms with Crippen LogP contribution in [0.15, 0.2) is 24.3 Å². The zero-order valence-electron chi connectivity index (χ0n) is 10.0. The van der Waals surface area contributed by atoms with Gasteiger partial charge in [0.1, 0.15) is 0 Å². The Morgan fingerprint density at radius 3 is 2.41 bits per heavy atom. The van der Waals surface area contributed by atoms with Gasteiger partial charge in [-0.05, 0) is 36.5 Å². The maximum atomic E-state index is 11.4. The first-order valence-electron chi connectivity index (χ1n) is 6.38. The molecule has 0 aromatic carbocycles. The average Bonchev–Trinajstić information content (AvgIpc) is 2.96. The van der Waals surface area contributed by atoms with Crippen LogP contribution in [0.5, 0.6) is 0 Å². The molecule has 2 aliphatic carbocycles. The third-order valence-electron chi connectivity index (χ3n) is 4.64. The highest BCUT2D eigenvalue weighted by Gasteiger charge is 2.41. The number of carbonyl (C=O) groups is 2. The van der Waals surface area contributed by atoms with Gasteiger partial charge in [-0.25, -0.2) is 0 Å². The first-order valence-corrected chi connectivity index (χ1v) is 6.38. The molecule has 3 rings (SSSR count). The first kappa shape index (κ1) is 10.8. The van der Waals surface area contributed by atoms with Crippen LogP contribution in [-0.2, 0) is 9.59 Å². The molecule has 3 aliphatic rings. The summed E-state index contributed by atoms with van der Waals surface area (Å²) in [5.41, 5.74) is 0. The number of carbonyl (C=O) groups excluding carboxylic acids is 2.